The molecule has 0 aliphatic heterocycles. The number of amides is 1. The van der Waals surface area contributed by atoms with Crippen LogP contribution in [0.3, 0.4) is 0 Å². The zero-order valence-electron chi connectivity index (χ0n) is 11.0. The quantitative estimate of drug-likeness (QED) is 0.788. The van der Waals surface area contributed by atoms with Gasteiger partial charge in [0.05, 0.1) is 12.1 Å². The summed E-state index contributed by atoms with van der Waals surface area (Å²) >= 11 is 1.45. The van der Waals surface area contributed by atoms with Crippen LogP contribution >= 0.6 is 11.3 Å². The number of carbonyl (C=O) groups is 2. The Morgan fingerprint density at radius 1 is 1.65 bits per heavy atom. The lowest BCUT2D eigenvalue weighted by Crippen LogP contribution is -2.41. The Hall–Kier alpha value is -2.15. The van der Waals surface area contributed by atoms with Crippen LogP contribution in [0, 0.1) is 6.92 Å². The average molecular weight is 293 g/mol. The summed E-state index contributed by atoms with van der Waals surface area (Å²) in [6, 6.07) is -0.932. The van der Waals surface area contributed by atoms with Crippen LogP contribution in [0.1, 0.15) is 17.8 Å². The van der Waals surface area contributed by atoms with Crippen molar-refractivity contribution in [2.24, 2.45) is 0 Å². The Labute approximate surface area is 119 Å². The summed E-state index contributed by atoms with van der Waals surface area (Å²) < 4.78 is 1.85. The summed E-state index contributed by atoms with van der Waals surface area (Å²) in [6.45, 7) is 5.37. The number of rotatable bonds is 6. The Balaban J connectivity index is 2.07. The maximum Gasteiger partial charge on any atom is 0.326 e. The molecule has 1 atom stereocenters. The summed E-state index contributed by atoms with van der Waals surface area (Å²) in [4.78, 5) is 28.0. The van der Waals surface area contributed by atoms with E-state index in [9.17, 15) is 9.59 Å². The van der Waals surface area contributed by atoms with E-state index < -0.39 is 12.0 Å². The minimum atomic E-state index is -1.06. The van der Waals surface area contributed by atoms with Crippen molar-refractivity contribution in [1.29, 1.82) is 0 Å². The van der Waals surface area contributed by atoms with Crippen molar-refractivity contribution in [1.82, 2.24) is 14.7 Å². The van der Waals surface area contributed by atoms with Crippen molar-refractivity contribution in [2.75, 3.05) is 0 Å². The molecule has 2 aromatic rings. The number of nitrogens with zero attached hydrogens (tertiary/aromatic N) is 2. The van der Waals surface area contributed by atoms with Gasteiger partial charge in [-0.15, -0.1) is 17.9 Å². The summed E-state index contributed by atoms with van der Waals surface area (Å²) in [5.74, 6) is -1.39. The number of fused-ring (bicyclic) bond motifs is 1. The van der Waals surface area contributed by atoms with Gasteiger partial charge in [-0.05, 0) is 13.3 Å². The molecule has 106 valence electrons. The molecular formula is C13H15N3O3S. The van der Waals surface area contributed by atoms with E-state index in [2.05, 4.69) is 16.9 Å². The van der Waals surface area contributed by atoms with E-state index in [1.165, 1.54) is 17.4 Å². The maximum atomic E-state index is 11.9. The number of carboxylic acid groups (broad SMARTS) is 1. The van der Waals surface area contributed by atoms with Crippen LogP contribution in [-0.4, -0.2) is 32.4 Å². The van der Waals surface area contributed by atoms with E-state index in [1.54, 1.807) is 0 Å². The zero-order valence-corrected chi connectivity index (χ0v) is 11.8. The summed E-state index contributed by atoms with van der Waals surface area (Å²) in [7, 11) is 0. The van der Waals surface area contributed by atoms with Crippen LogP contribution in [0.15, 0.2) is 24.2 Å². The van der Waals surface area contributed by atoms with Crippen molar-refractivity contribution in [3.8, 4) is 0 Å². The van der Waals surface area contributed by atoms with Crippen LogP contribution in [-0.2, 0) is 16.0 Å². The topological polar surface area (TPSA) is 83.7 Å². The average Bonchev–Trinajstić information content (AvgIpc) is 2.89. The number of hydrogen-bond donors (Lipinski definition) is 2. The third-order valence-electron chi connectivity index (χ3n) is 2.78. The molecule has 2 N–H and O–H groups in total. The predicted molar refractivity (Wildman–Crippen MR) is 75.9 cm³/mol. The van der Waals surface area contributed by atoms with Gasteiger partial charge in [0.1, 0.15) is 6.04 Å². The van der Waals surface area contributed by atoms with E-state index in [1.807, 2.05) is 22.9 Å². The molecule has 0 spiro atoms. The Bertz CT molecular complexity index is 659. The number of carbonyl (C=O) groups excluding carboxylic acids is 1. The molecule has 6 nitrogen and oxygen atoms in total. The van der Waals surface area contributed by atoms with Gasteiger partial charge in [-0.1, -0.05) is 6.08 Å². The first-order chi connectivity index (χ1) is 9.51. The Morgan fingerprint density at radius 2 is 2.40 bits per heavy atom. The molecule has 0 aromatic carbocycles. The molecule has 0 saturated carbocycles. The largest absolute Gasteiger partial charge is 0.480 e. The first-order valence-corrected chi connectivity index (χ1v) is 6.94. The van der Waals surface area contributed by atoms with Gasteiger partial charge in [-0.3, -0.25) is 9.20 Å². The summed E-state index contributed by atoms with van der Waals surface area (Å²) in [5, 5.41) is 13.3. The fourth-order valence-electron chi connectivity index (χ4n) is 1.87. The number of hydrogen-bond acceptors (Lipinski definition) is 4. The SMILES string of the molecule is C=CCC(NC(=O)Cc1csc2nc(C)cn12)C(=O)O. The minimum absolute atomic E-state index is 0.122. The highest BCUT2D eigenvalue weighted by Gasteiger charge is 2.19. The molecule has 0 radical (unpaired) electrons. The minimum Gasteiger partial charge on any atom is -0.480 e. The van der Waals surface area contributed by atoms with Gasteiger partial charge in [0.25, 0.3) is 0 Å². The molecule has 0 aliphatic rings. The van der Waals surface area contributed by atoms with E-state index in [0.717, 1.165) is 16.3 Å². The number of aliphatic carboxylic acids is 1. The van der Waals surface area contributed by atoms with Crippen LogP contribution < -0.4 is 5.32 Å². The number of nitrogens with one attached hydrogen (secondary N) is 1. The molecule has 0 fully saturated rings. The molecular weight excluding hydrogens is 278 g/mol. The lowest BCUT2D eigenvalue weighted by molar-refractivity contribution is -0.141. The van der Waals surface area contributed by atoms with Crippen molar-refractivity contribution in [2.45, 2.75) is 25.8 Å². The van der Waals surface area contributed by atoms with Crippen molar-refractivity contribution < 1.29 is 14.7 Å². The smallest absolute Gasteiger partial charge is 0.326 e. The number of thiazole rings is 1. The predicted octanol–water partition coefficient (Wildman–Crippen LogP) is 1.39. The highest BCUT2D eigenvalue weighted by atomic mass is 32.1. The van der Waals surface area contributed by atoms with Gasteiger partial charge in [0.2, 0.25) is 5.91 Å². The second-order valence-electron chi connectivity index (χ2n) is 4.42. The second-order valence-corrected chi connectivity index (χ2v) is 5.26. The Kier molecular flexibility index (Phi) is 4.19. The fraction of sp³-hybridized carbons (Fsp3) is 0.308. The van der Waals surface area contributed by atoms with E-state index in [-0.39, 0.29) is 18.7 Å². The molecule has 2 heterocycles. The van der Waals surface area contributed by atoms with E-state index in [0.29, 0.717) is 0 Å². The first-order valence-electron chi connectivity index (χ1n) is 6.06. The second kappa shape index (κ2) is 5.87. The molecule has 1 unspecified atom stereocenters. The third-order valence-corrected chi connectivity index (χ3v) is 3.67. The fourth-order valence-corrected chi connectivity index (χ4v) is 2.79. The van der Waals surface area contributed by atoms with E-state index >= 15 is 0 Å². The molecule has 1 amide bonds. The normalized spacial score (nSPS) is 12.2. The highest BCUT2D eigenvalue weighted by molar-refractivity contribution is 7.15. The van der Waals surface area contributed by atoms with Gasteiger partial charge in [-0.25, -0.2) is 9.78 Å². The Morgan fingerprint density at radius 3 is 3.05 bits per heavy atom. The standard InChI is InChI=1S/C13H15N3O3S/c1-3-4-10(12(18)19)15-11(17)5-9-7-20-13-14-8(2)6-16(9)13/h3,6-7,10H,1,4-5H2,2H3,(H,15,17)(H,18,19). The highest BCUT2D eigenvalue weighted by Crippen LogP contribution is 2.16. The van der Waals surface area contributed by atoms with Crippen molar-refractivity contribution in [3.05, 3.63) is 35.6 Å². The van der Waals surface area contributed by atoms with Crippen LogP contribution in [0.25, 0.3) is 4.96 Å². The molecule has 2 rings (SSSR count). The number of aromatic nitrogens is 2. The number of aryl methyl sites for hydroxylation is 1. The van der Waals surface area contributed by atoms with Gasteiger partial charge in [0.15, 0.2) is 4.96 Å². The molecule has 7 heteroatoms. The van der Waals surface area contributed by atoms with Crippen molar-refractivity contribution >= 4 is 28.2 Å². The van der Waals surface area contributed by atoms with Gasteiger partial charge in [-0.2, -0.15) is 0 Å². The van der Waals surface area contributed by atoms with Crippen LogP contribution in [0.4, 0.5) is 0 Å². The maximum absolute atomic E-state index is 11.9. The summed E-state index contributed by atoms with van der Waals surface area (Å²) in [6.07, 6.45) is 3.65. The zero-order chi connectivity index (χ0) is 14.7. The summed E-state index contributed by atoms with van der Waals surface area (Å²) in [5.41, 5.74) is 1.68. The third kappa shape index (κ3) is 3.05. The van der Waals surface area contributed by atoms with Crippen LogP contribution in [0.2, 0.25) is 0 Å². The number of imidazole rings is 1. The number of carboxylic acids is 1. The first kappa shape index (κ1) is 14.3. The van der Waals surface area contributed by atoms with Crippen molar-refractivity contribution in [3.63, 3.8) is 0 Å². The molecule has 20 heavy (non-hydrogen) atoms. The molecule has 2 aromatic heterocycles. The monoisotopic (exact) mass is 293 g/mol. The lowest BCUT2D eigenvalue weighted by Gasteiger charge is -2.12. The molecule has 0 aliphatic carbocycles. The van der Waals surface area contributed by atoms with Gasteiger partial charge < -0.3 is 10.4 Å². The van der Waals surface area contributed by atoms with Gasteiger partial charge in [0, 0.05) is 17.3 Å². The van der Waals surface area contributed by atoms with Crippen LogP contribution in [0.5, 0.6) is 0 Å². The molecule has 0 saturated heterocycles. The molecule has 0 bridgehead atoms. The van der Waals surface area contributed by atoms with E-state index in [4.69, 9.17) is 5.11 Å². The van der Waals surface area contributed by atoms with Gasteiger partial charge >= 0.3 is 5.97 Å². The lowest BCUT2D eigenvalue weighted by atomic mass is 10.2.